The van der Waals surface area contributed by atoms with Gasteiger partial charge in [-0.25, -0.2) is 0 Å². The Morgan fingerprint density at radius 3 is 2.24 bits per heavy atom. The summed E-state index contributed by atoms with van der Waals surface area (Å²) in [5.41, 5.74) is 1.62. The van der Waals surface area contributed by atoms with Gasteiger partial charge in [0.05, 0.1) is 13.5 Å². The summed E-state index contributed by atoms with van der Waals surface area (Å²) in [5.74, 6) is 0.456. The molecule has 0 heterocycles. The summed E-state index contributed by atoms with van der Waals surface area (Å²) in [5, 5.41) is 5.70. The van der Waals surface area contributed by atoms with E-state index in [2.05, 4.69) is 10.6 Å². The van der Waals surface area contributed by atoms with Crippen molar-refractivity contribution in [1.29, 1.82) is 0 Å². The van der Waals surface area contributed by atoms with Gasteiger partial charge in [0.25, 0.3) is 0 Å². The van der Waals surface area contributed by atoms with Crippen molar-refractivity contribution >= 4 is 23.2 Å². The fraction of sp³-hybridized carbons (Fsp3) is 0.300. The van der Waals surface area contributed by atoms with Crippen molar-refractivity contribution in [3.63, 3.8) is 0 Å². The van der Waals surface area contributed by atoms with E-state index in [-0.39, 0.29) is 18.2 Å². The molecular weight excluding hydrogens is 316 g/mol. The molecule has 0 saturated carbocycles. The van der Waals surface area contributed by atoms with E-state index in [1.807, 2.05) is 45.0 Å². The second kappa shape index (κ2) is 7.83. The first-order valence-corrected chi connectivity index (χ1v) is 8.13. The molecule has 2 rings (SSSR count). The molecule has 0 aliphatic heterocycles. The molecule has 2 aromatic rings. The first-order chi connectivity index (χ1) is 11.8. The maximum Gasteiger partial charge on any atom is 0.229 e. The highest BCUT2D eigenvalue weighted by Gasteiger charge is 2.21. The smallest absolute Gasteiger partial charge is 0.229 e. The van der Waals surface area contributed by atoms with Gasteiger partial charge in [-0.2, -0.15) is 0 Å². The lowest BCUT2D eigenvalue weighted by molar-refractivity contribution is -0.123. The number of ether oxygens (including phenoxy) is 1. The van der Waals surface area contributed by atoms with Gasteiger partial charge in [0.2, 0.25) is 11.8 Å². The van der Waals surface area contributed by atoms with E-state index in [1.54, 1.807) is 31.4 Å². The normalized spacial score (nSPS) is 10.9. The van der Waals surface area contributed by atoms with Gasteiger partial charge < -0.3 is 15.4 Å². The zero-order chi connectivity index (χ0) is 18.4. The van der Waals surface area contributed by atoms with Crippen LogP contribution in [0.1, 0.15) is 26.3 Å². The summed E-state index contributed by atoms with van der Waals surface area (Å²) >= 11 is 0. The Morgan fingerprint density at radius 1 is 0.960 bits per heavy atom. The average molecular weight is 340 g/mol. The monoisotopic (exact) mass is 340 g/mol. The fourth-order valence-electron chi connectivity index (χ4n) is 2.22. The fourth-order valence-corrected chi connectivity index (χ4v) is 2.22. The first-order valence-electron chi connectivity index (χ1n) is 8.13. The molecule has 0 atom stereocenters. The second-order valence-corrected chi connectivity index (χ2v) is 6.82. The molecule has 0 spiro atoms. The van der Waals surface area contributed by atoms with Gasteiger partial charge >= 0.3 is 0 Å². The largest absolute Gasteiger partial charge is 0.496 e. The van der Waals surface area contributed by atoms with E-state index >= 15 is 0 Å². The van der Waals surface area contributed by atoms with Gasteiger partial charge in [-0.05, 0) is 24.3 Å². The van der Waals surface area contributed by atoms with Crippen LogP contribution in [0.3, 0.4) is 0 Å². The maximum atomic E-state index is 12.3. The lowest BCUT2D eigenvalue weighted by Gasteiger charge is -2.18. The Labute approximate surface area is 148 Å². The molecule has 2 N–H and O–H groups in total. The lowest BCUT2D eigenvalue weighted by atomic mass is 9.95. The zero-order valence-electron chi connectivity index (χ0n) is 15.1. The SMILES string of the molecule is COc1ccccc1CC(=O)Nc1cccc(NC(=O)C(C)(C)C)c1. The standard InChI is InChI=1S/C20H24N2O3/c1-20(2,3)19(24)22-16-10-7-9-15(13-16)21-18(23)12-14-8-5-6-11-17(14)25-4/h5-11,13H,12H2,1-4H3,(H,21,23)(H,22,24). The Morgan fingerprint density at radius 2 is 1.60 bits per heavy atom. The minimum atomic E-state index is -0.483. The molecule has 0 radical (unpaired) electrons. The molecule has 0 aliphatic carbocycles. The van der Waals surface area contributed by atoms with Crippen molar-refractivity contribution in [2.24, 2.45) is 5.41 Å². The summed E-state index contributed by atoms with van der Waals surface area (Å²) in [6.07, 6.45) is 0.211. The van der Waals surface area contributed by atoms with Crippen molar-refractivity contribution in [1.82, 2.24) is 0 Å². The van der Waals surface area contributed by atoms with Crippen LogP contribution in [0.5, 0.6) is 5.75 Å². The molecule has 0 saturated heterocycles. The molecule has 0 fully saturated rings. The topological polar surface area (TPSA) is 67.4 Å². The molecular formula is C20H24N2O3. The molecule has 132 valence electrons. The van der Waals surface area contributed by atoms with Crippen LogP contribution in [-0.2, 0) is 16.0 Å². The number of carbonyl (C=O) groups is 2. The van der Waals surface area contributed by atoms with Crippen LogP contribution in [0.2, 0.25) is 0 Å². The van der Waals surface area contributed by atoms with E-state index in [0.29, 0.717) is 17.1 Å². The number of para-hydroxylation sites is 1. The van der Waals surface area contributed by atoms with Crippen LogP contribution >= 0.6 is 0 Å². The third-order valence-corrected chi connectivity index (χ3v) is 3.63. The molecule has 2 aromatic carbocycles. The predicted molar refractivity (Wildman–Crippen MR) is 99.9 cm³/mol. The first kappa shape index (κ1) is 18.5. The number of rotatable bonds is 5. The van der Waals surface area contributed by atoms with Crippen LogP contribution in [-0.4, -0.2) is 18.9 Å². The number of anilines is 2. The van der Waals surface area contributed by atoms with Crippen LogP contribution < -0.4 is 15.4 Å². The van der Waals surface area contributed by atoms with Gasteiger partial charge in [-0.15, -0.1) is 0 Å². The minimum absolute atomic E-state index is 0.0787. The molecule has 25 heavy (non-hydrogen) atoms. The lowest BCUT2D eigenvalue weighted by Crippen LogP contribution is -2.27. The van der Waals surface area contributed by atoms with Gasteiger partial charge in [0, 0.05) is 22.4 Å². The summed E-state index contributed by atoms with van der Waals surface area (Å²) in [4.78, 5) is 24.4. The molecule has 5 heteroatoms. The second-order valence-electron chi connectivity index (χ2n) is 6.82. The van der Waals surface area contributed by atoms with Crippen molar-refractivity contribution in [3.05, 3.63) is 54.1 Å². The third kappa shape index (κ3) is 5.35. The Bertz CT molecular complexity index is 764. The van der Waals surface area contributed by atoms with Crippen LogP contribution in [0, 0.1) is 5.41 Å². The molecule has 0 unspecified atom stereocenters. The number of hydrogen-bond donors (Lipinski definition) is 2. The van der Waals surface area contributed by atoms with Gasteiger partial charge in [0.1, 0.15) is 5.75 Å². The number of benzene rings is 2. The van der Waals surface area contributed by atoms with Crippen LogP contribution in [0.25, 0.3) is 0 Å². The Balaban J connectivity index is 2.04. The average Bonchev–Trinajstić information content (AvgIpc) is 2.54. The van der Waals surface area contributed by atoms with E-state index in [9.17, 15) is 9.59 Å². The quantitative estimate of drug-likeness (QED) is 0.868. The van der Waals surface area contributed by atoms with E-state index < -0.39 is 5.41 Å². The van der Waals surface area contributed by atoms with Crippen molar-refractivity contribution in [2.75, 3.05) is 17.7 Å². The van der Waals surface area contributed by atoms with Gasteiger partial charge in [-0.3, -0.25) is 9.59 Å². The highest BCUT2D eigenvalue weighted by Crippen LogP contribution is 2.21. The molecule has 0 aromatic heterocycles. The van der Waals surface area contributed by atoms with Crippen molar-refractivity contribution in [3.8, 4) is 5.75 Å². The summed E-state index contributed by atoms with van der Waals surface area (Å²) in [6.45, 7) is 5.55. The number of amides is 2. The van der Waals surface area contributed by atoms with Crippen molar-refractivity contribution < 1.29 is 14.3 Å². The summed E-state index contributed by atoms with van der Waals surface area (Å²) in [7, 11) is 1.58. The molecule has 2 amide bonds. The van der Waals surface area contributed by atoms with E-state index in [0.717, 1.165) is 5.56 Å². The minimum Gasteiger partial charge on any atom is -0.496 e. The molecule has 5 nitrogen and oxygen atoms in total. The highest BCUT2D eigenvalue weighted by molar-refractivity contribution is 5.96. The van der Waals surface area contributed by atoms with Gasteiger partial charge in [0.15, 0.2) is 0 Å². The van der Waals surface area contributed by atoms with Crippen molar-refractivity contribution in [2.45, 2.75) is 27.2 Å². The Kier molecular flexibility index (Phi) is 5.80. The van der Waals surface area contributed by atoms with Gasteiger partial charge in [-0.1, -0.05) is 45.0 Å². The van der Waals surface area contributed by atoms with Crippen LogP contribution in [0.4, 0.5) is 11.4 Å². The molecule has 0 bridgehead atoms. The zero-order valence-corrected chi connectivity index (χ0v) is 15.1. The van der Waals surface area contributed by atoms with E-state index in [1.165, 1.54) is 0 Å². The van der Waals surface area contributed by atoms with Crippen LogP contribution in [0.15, 0.2) is 48.5 Å². The Hall–Kier alpha value is -2.82. The predicted octanol–water partition coefficient (Wildman–Crippen LogP) is 3.86. The third-order valence-electron chi connectivity index (χ3n) is 3.63. The summed E-state index contributed by atoms with van der Waals surface area (Å²) < 4.78 is 5.26. The highest BCUT2D eigenvalue weighted by atomic mass is 16.5. The maximum absolute atomic E-state index is 12.3. The number of hydrogen-bond acceptors (Lipinski definition) is 3. The number of methoxy groups -OCH3 is 1. The van der Waals surface area contributed by atoms with E-state index in [4.69, 9.17) is 4.74 Å². The number of carbonyl (C=O) groups excluding carboxylic acids is 2. The summed E-state index contributed by atoms with van der Waals surface area (Å²) in [6, 6.07) is 14.5. The molecule has 0 aliphatic rings. The number of nitrogens with one attached hydrogen (secondary N) is 2.